The van der Waals surface area contributed by atoms with E-state index in [-0.39, 0.29) is 5.41 Å². The Bertz CT molecular complexity index is 367. The van der Waals surface area contributed by atoms with Gasteiger partial charge in [0.05, 0.1) is 5.69 Å². The first-order valence-electron chi connectivity index (χ1n) is 7.03. The predicted molar refractivity (Wildman–Crippen MR) is 70.4 cm³/mol. The highest BCUT2D eigenvalue weighted by molar-refractivity contribution is 5.33. The summed E-state index contributed by atoms with van der Waals surface area (Å²) in [6, 6.07) is 0. The van der Waals surface area contributed by atoms with Gasteiger partial charge >= 0.3 is 0 Å². The van der Waals surface area contributed by atoms with Gasteiger partial charge in [-0.15, -0.1) is 0 Å². The van der Waals surface area contributed by atoms with Crippen LogP contribution in [0.2, 0.25) is 0 Å². The maximum Gasteiger partial charge on any atom is 0.140 e. The van der Waals surface area contributed by atoms with E-state index in [0.717, 1.165) is 12.2 Å². The average molecular weight is 235 g/mol. The van der Waals surface area contributed by atoms with Gasteiger partial charge in [-0.3, -0.25) is 0 Å². The van der Waals surface area contributed by atoms with Crippen LogP contribution < -0.4 is 0 Å². The molecule has 0 atom stereocenters. The predicted octanol–water partition coefficient (Wildman–Crippen LogP) is 4.58. The number of aromatic nitrogens is 1. The second-order valence-corrected chi connectivity index (χ2v) is 6.30. The Kier molecular flexibility index (Phi) is 3.60. The fraction of sp³-hybridized carbons (Fsp3) is 0.800. The van der Waals surface area contributed by atoms with Crippen LogP contribution in [0.4, 0.5) is 0 Å². The maximum atomic E-state index is 5.57. The van der Waals surface area contributed by atoms with Crippen molar-refractivity contribution in [2.45, 2.75) is 77.6 Å². The fourth-order valence-corrected chi connectivity index (χ4v) is 3.04. The molecule has 0 saturated heterocycles. The molecule has 0 N–H and O–H groups in total. The van der Waals surface area contributed by atoms with Crippen molar-refractivity contribution < 1.29 is 4.52 Å². The number of aryl methyl sites for hydroxylation is 1. The van der Waals surface area contributed by atoms with Crippen molar-refractivity contribution in [1.29, 1.82) is 0 Å². The fourth-order valence-electron chi connectivity index (χ4n) is 3.04. The summed E-state index contributed by atoms with van der Waals surface area (Å²) in [7, 11) is 0. The summed E-state index contributed by atoms with van der Waals surface area (Å²) < 4.78 is 5.57. The summed E-state index contributed by atoms with van der Waals surface area (Å²) in [5.41, 5.74) is 2.79. The van der Waals surface area contributed by atoms with E-state index in [1.54, 1.807) is 0 Å². The van der Waals surface area contributed by atoms with E-state index >= 15 is 0 Å². The molecule has 1 aromatic rings. The quantitative estimate of drug-likeness (QED) is 0.749. The van der Waals surface area contributed by atoms with Crippen molar-refractivity contribution in [1.82, 2.24) is 5.16 Å². The van der Waals surface area contributed by atoms with E-state index < -0.39 is 0 Å². The highest BCUT2D eigenvalue weighted by atomic mass is 16.5. The summed E-state index contributed by atoms with van der Waals surface area (Å²) in [5, 5.41) is 4.40. The molecule has 17 heavy (non-hydrogen) atoms. The van der Waals surface area contributed by atoms with Gasteiger partial charge in [-0.1, -0.05) is 52.1 Å². The third kappa shape index (κ3) is 2.56. The van der Waals surface area contributed by atoms with E-state index in [4.69, 9.17) is 4.52 Å². The third-order valence-corrected chi connectivity index (χ3v) is 3.85. The van der Waals surface area contributed by atoms with Crippen molar-refractivity contribution in [3.63, 3.8) is 0 Å². The zero-order valence-corrected chi connectivity index (χ0v) is 11.7. The molecular weight excluding hydrogens is 210 g/mol. The van der Waals surface area contributed by atoms with Gasteiger partial charge in [0.2, 0.25) is 0 Å². The zero-order valence-electron chi connectivity index (χ0n) is 11.7. The van der Waals surface area contributed by atoms with Gasteiger partial charge in [-0.25, -0.2) is 0 Å². The van der Waals surface area contributed by atoms with Crippen molar-refractivity contribution in [3.05, 3.63) is 17.0 Å². The van der Waals surface area contributed by atoms with Crippen LogP contribution >= 0.6 is 0 Å². The van der Waals surface area contributed by atoms with Crippen LogP contribution in [0.15, 0.2) is 4.52 Å². The highest BCUT2D eigenvalue weighted by Gasteiger charge is 2.30. The van der Waals surface area contributed by atoms with Gasteiger partial charge in [0.15, 0.2) is 0 Å². The first-order valence-corrected chi connectivity index (χ1v) is 7.03. The summed E-state index contributed by atoms with van der Waals surface area (Å²) >= 11 is 0. The summed E-state index contributed by atoms with van der Waals surface area (Å²) in [6.07, 6.45) is 7.62. The standard InChI is InChI=1S/C15H25NO/c1-5-12-13(15(2,3)4)14(16-17-12)11-9-7-6-8-10-11/h11H,5-10H2,1-4H3. The minimum atomic E-state index is 0.151. The Labute approximate surface area is 105 Å². The van der Waals surface area contributed by atoms with Crippen LogP contribution in [0.3, 0.4) is 0 Å². The van der Waals surface area contributed by atoms with Gasteiger partial charge in [0.25, 0.3) is 0 Å². The number of rotatable bonds is 2. The van der Waals surface area contributed by atoms with E-state index in [2.05, 4.69) is 32.9 Å². The Morgan fingerprint density at radius 2 is 1.82 bits per heavy atom. The minimum absolute atomic E-state index is 0.151. The van der Waals surface area contributed by atoms with Crippen LogP contribution in [-0.4, -0.2) is 5.16 Å². The smallest absolute Gasteiger partial charge is 0.140 e. The average Bonchev–Trinajstić information content (AvgIpc) is 2.73. The van der Waals surface area contributed by atoms with Gasteiger partial charge in [-0.05, 0) is 18.3 Å². The topological polar surface area (TPSA) is 26.0 Å². The molecule has 0 amide bonds. The lowest BCUT2D eigenvalue weighted by atomic mass is 9.78. The first-order chi connectivity index (χ1) is 8.04. The molecule has 2 rings (SSSR count). The Morgan fingerprint density at radius 1 is 1.18 bits per heavy atom. The molecule has 1 heterocycles. The van der Waals surface area contributed by atoms with Crippen LogP contribution in [-0.2, 0) is 11.8 Å². The van der Waals surface area contributed by atoms with Gasteiger partial charge in [0, 0.05) is 17.9 Å². The molecule has 96 valence electrons. The highest BCUT2D eigenvalue weighted by Crippen LogP contribution is 2.39. The second-order valence-electron chi connectivity index (χ2n) is 6.30. The largest absolute Gasteiger partial charge is 0.361 e. The molecule has 0 radical (unpaired) electrons. The van der Waals surface area contributed by atoms with Crippen molar-refractivity contribution >= 4 is 0 Å². The van der Waals surface area contributed by atoms with Gasteiger partial charge < -0.3 is 4.52 Å². The van der Waals surface area contributed by atoms with Crippen molar-refractivity contribution in [3.8, 4) is 0 Å². The molecule has 1 aliphatic rings. The van der Waals surface area contributed by atoms with E-state index in [0.29, 0.717) is 5.92 Å². The van der Waals surface area contributed by atoms with Crippen LogP contribution in [0, 0.1) is 0 Å². The molecular formula is C15H25NO. The Balaban J connectivity index is 2.36. The maximum absolute atomic E-state index is 5.57. The third-order valence-electron chi connectivity index (χ3n) is 3.85. The molecule has 2 nitrogen and oxygen atoms in total. The summed E-state index contributed by atoms with van der Waals surface area (Å²) in [4.78, 5) is 0. The molecule has 0 bridgehead atoms. The molecule has 2 heteroatoms. The summed E-state index contributed by atoms with van der Waals surface area (Å²) in [6.45, 7) is 8.96. The lowest BCUT2D eigenvalue weighted by Gasteiger charge is -2.25. The number of hydrogen-bond donors (Lipinski definition) is 0. The van der Waals surface area contributed by atoms with E-state index in [9.17, 15) is 0 Å². The Hall–Kier alpha value is -0.790. The van der Waals surface area contributed by atoms with Crippen LogP contribution in [0.1, 0.15) is 82.7 Å². The molecule has 0 unspecified atom stereocenters. The molecule has 1 fully saturated rings. The summed E-state index contributed by atoms with van der Waals surface area (Å²) in [5.74, 6) is 1.74. The van der Waals surface area contributed by atoms with Crippen LogP contribution in [0.5, 0.6) is 0 Å². The SMILES string of the molecule is CCc1onc(C2CCCCC2)c1C(C)(C)C. The number of hydrogen-bond acceptors (Lipinski definition) is 2. The van der Waals surface area contributed by atoms with Gasteiger partial charge in [-0.2, -0.15) is 0 Å². The minimum Gasteiger partial charge on any atom is -0.361 e. The number of nitrogens with zero attached hydrogens (tertiary/aromatic N) is 1. The van der Waals surface area contributed by atoms with Crippen molar-refractivity contribution in [2.75, 3.05) is 0 Å². The second kappa shape index (κ2) is 4.83. The molecule has 1 aliphatic carbocycles. The first kappa shape index (κ1) is 12.7. The normalized spacial score (nSPS) is 18.6. The van der Waals surface area contributed by atoms with E-state index in [1.165, 1.54) is 43.4 Å². The van der Waals surface area contributed by atoms with E-state index in [1.807, 2.05) is 0 Å². The molecule has 0 aromatic carbocycles. The lowest BCUT2D eigenvalue weighted by Crippen LogP contribution is -2.18. The van der Waals surface area contributed by atoms with Crippen LogP contribution in [0.25, 0.3) is 0 Å². The van der Waals surface area contributed by atoms with Gasteiger partial charge in [0.1, 0.15) is 5.76 Å². The molecule has 0 spiro atoms. The zero-order chi connectivity index (χ0) is 12.5. The molecule has 1 aromatic heterocycles. The van der Waals surface area contributed by atoms with Crippen molar-refractivity contribution in [2.24, 2.45) is 0 Å². The molecule has 0 aliphatic heterocycles. The Morgan fingerprint density at radius 3 is 2.35 bits per heavy atom. The molecule has 1 saturated carbocycles. The monoisotopic (exact) mass is 235 g/mol. The lowest BCUT2D eigenvalue weighted by molar-refractivity contribution is 0.360.